The fourth-order valence-corrected chi connectivity index (χ4v) is 1.93. The lowest BCUT2D eigenvalue weighted by molar-refractivity contribution is 0.104. The standard InChI is InChI=1S/C17H16ClNO2/c1-12-3-6-14(11-16(12)18)19-10-9-17(20)13-4-7-15(21-2)8-5-13/h3-11,19H,1-2H3. The number of rotatable bonds is 5. The van der Waals surface area contributed by atoms with Crippen LogP contribution >= 0.6 is 11.6 Å². The maximum atomic E-state index is 12.0. The number of aryl methyl sites for hydroxylation is 1. The highest BCUT2D eigenvalue weighted by molar-refractivity contribution is 6.31. The van der Waals surface area contributed by atoms with Gasteiger partial charge in [-0.15, -0.1) is 0 Å². The molecular formula is C17H16ClNO2. The van der Waals surface area contributed by atoms with Gasteiger partial charge in [-0.1, -0.05) is 17.7 Å². The van der Waals surface area contributed by atoms with Gasteiger partial charge in [0.2, 0.25) is 0 Å². The van der Waals surface area contributed by atoms with E-state index in [1.165, 1.54) is 6.08 Å². The minimum absolute atomic E-state index is 0.0802. The number of benzene rings is 2. The van der Waals surface area contributed by atoms with Gasteiger partial charge >= 0.3 is 0 Å². The third-order valence-corrected chi connectivity index (χ3v) is 3.44. The van der Waals surface area contributed by atoms with E-state index in [0.29, 0.717) is 10.6 Å². The molecule has 108 valence electrons. The van der Waals surface area contributed by atoms with E-state index < -0.39 is 0 Å². The van der Waals surface area contributed by atoms with Crippen LogP contribution in [0.4, 0.5) is 5.69 Å². The van der Waals surface area contributed by atoms with Crippen molar-refractivity contribution in [1.29, 1.82) is 0 Å². The van der Waals surface area contributed by atoms with Gasteiger partial charge in [0.05, 0.1) is 7.11 Å². The quantitative estimate of drug-likeness (QED) is 0.654. The van der Waals surface area contributed by atoms with Gasteiger partial charge in [-0.2, -0.15) is 0 Å². The molecule has 3 nitrogen and oxygen atoms in total. The SMILES string of the molecule is COc1ccc(C(=O)C=CNc2ccc(C)c(Cl)c2)cc1. The highest BCUT2D eigenvalue weighted by atomic mass is 35.5. The average molecular weight is 302 g/mol. The van der Waals surface area contributed by atoms with Crippen molar-refractivity contribution in [3.8, 4) is 5.75 Å². The number of halogens is 1. The van der Waals surface area contributed by atoms with Crippen LogP contribution in [-0.4, -0.2) is 12.9 Å². The highest BCUT2D eigenvalue weighted by Crippen LogP contribution is 2.20. The Morgan fingerprint density at radius 2 is 1.90 bits per heavy atom. The number of ketones is 1. The molecule has 2 aromatic rings. The van der Waals surface area contributed by atoms with Gasteiger partial charge in [0.15, 0.2) is 5.78 Å². The summed E-state index contributed by atoms with van der Waals surface area (Å²) in [5.41, 5.74) is 2.46. The number of hydrogen-bond acceptors (Lipinski definition) is 3. The molecule has 4 heteroatoms. The van der Waals surface area contributed by atoms with E-state index >= 15 is 0 Å². The summed E-state index contributed by atoms with van der Waals surface area (Å²) in [6, 6.07) is 12.6. The van der Waals surface area contributed by atoms with Gasteiger partial charge in [0.25, 0.3) is 0 Å². The van der Waals surface area contributed by atoms with E-state index in [-0.39, 0.29) is 5.78 Å². The molecule has 2 aromatic carbocycles. The summed E-state index contributed by atoms with van der Waals surface area (Å²) in [6.07, 6.45) is 3.09. The van der Waals surface area contributed by atoms with Crippen LogP contribution in [0.2, 0.25) is 5.02 Å². The molecule has 0 fully saturated rings. The Morgan fingerprint density at radius 3 is 2.52 bits per heavy atom. The maximum Gasteiger partial charge on any atom is 0.187 e. The molecule has 0 radical (unpaired) electrons. The highest BCUT2D eigenvalue weighted by Gasteiger charge is 2.01. The molecule has 0 aromatic heterocycles. The number of anilines is 1. The Hall–Kier alpha value is -2.26. The van der Waals surface area contributed by atoms with E-state index in [1.54, 1.807) is 37.6 Å². The molecule has 21 heavy (non-hydrogen) atoms. The first-order valence-corrected chi connectivity index (χ1v) is 6.85. The zero-order valence-corrected chi connectivity index (χ0v) is 12.6. The molecule has 0 aliphatic rings. The Balaban J connectivity index is 1.99. The van der Waals surface area contributed by atoms with Crippen LogP contribution in [0.5, 0.6) is 5.75 Å². The summed E-state index contributed by atoms with van der Waals surface area (Å²) in [4.78, 5) is 12.0. The topological polar surface area (TPSA) is 38.3 Å². The van der Waals surface area contributed by atoms with Crippen molar-refractivity contribution in [1.82, 2.24) is 0 Å². The average Bonchev–Trinajstić information content (AvgIpc) is 2.51. The minimum Gasteiger partial charge on any atom is -0.497 e. The molecule has 1 N–H and O–H groups in total. The number of methoxy groups -OCH3 is 1. The van der Waals surface area contributed by atoms with E-state index in [2.05, 4.69) is 5.32 Å². The molecule has 0 aliphatic carbocycles. The molecule has 0 heterocycles. The largest absolute Gasteiger partial charge is 0.497 e. The lowest BCUT2D eigenvalue weighted by atomic mass is 10.1. The second-order valence-electron chi connectivity index (χ2n) is 4.53. The first-order valence-electron chi connectivity index (χ1n) is 6.48. The van der Waals surface area contributed by atoms with Crippen LogP contribution in [-0.2, 0) is 0 Å². The monoisotopic (exact) mass is 301 g/mol. The fraction of sp³-hybridized carbons (Fsp3) is 0.118. The van der Waals surface area contributed by atoms with Crippen LogP contribution in [0.25, 0.3) is 0 Å². The molecule has 0 aliphatic heterocycles. The molecule has 0 bridgehead atoms. The number of carbonyl (C=O) groups is 1. The lowest BCUT2D eigenvalue weighted by Gasteiger charge is -2.03. The second kappa shape index (κ2) is 6.95. The van der Waals surface area contributed by atoms with Crippen molar-refractivity contribution in [2.24, 2.45) is 0 Å². The molecule has 0 saturated heterocycles. The van der Waals surface area contributed by atoms with Crippen LogP contribution in [0, 0.1) is 6.92 Å². The van der Waals surface area contributed by atoms with Crippen molar-refractivity contribution in [2.75, 3.05) is 12.4 Å². The normalized spacial score (nSPS) is 10.6. The number of carbonyl (C=O) groups excluding carboxylic acids is 1. The molecule has 0 atom stereocenters. The summed E-state index contributed by atoms with van der Waals surface area (Å²) in [7, 11) is 1.59. The molecule has 0 saturated carbocycles. The Morgan fingerprint density at radius 1 is 1.19 bits per heavy atom. The first-order chi connectivity index (χ1) is 10.1. The summed E-state index contributed by atoms with van der Waals surface area (Å²) in [5, 5.41) is 3.72. The van der Waals surface area contributed by atoms with Crippen molar-refractivity contribution >= 4 is 23.1 Å². The summed E-state index contributed by atoms with van der Waals surface area (Å²) in [6.45, 7) is 1.94. The fourth-order valence-electron chi connectivity index (χ4n) is 1.75. The smallest absolute Gasteiger partial charge is 0.187 e. The second-order valence-corrected chi connectivity index (χ2v) is 4.94. The van der Waals surface area contributed by atoms with Crippen LogP contribution in [0.3, 0.4) is 0 Å². The van der Waals surface area contributed by atoms with Crippen molar-refractivity contribution < 1.29 is 9.53 Å². The predicted molar refractivity (Wildman–Crippen MR) is 86.3 cm³/mol. The summed E-state index contributed by atoms with van der Waals surface area (Å²) < 4.78 is 5.05. The lowest BCUT2D eigenvalue weighted by Crippen LogP contribution is -1.96. The van der Waals surface area contributed by atoms with Crippen LogP contribution < -0.4 is 10.1 Å². The van der Waals surface area contributed by atoms with Crippen LogP contribution in [0.15, 0.2) is 54.7 Å². The van der Waals surface area contributed by atoms with Gasteiger partial charge in [-0.05, 0) is 48.9 Å². The Bertz CT molecular complexity index is 663. The predicted octanol–water partition coefficient (Wildman–Crippen LogP) is 4.47. The van der Waals surface area contributed by atoms with Crippen molar-refractivity contribution in [3.05, 3.63) is 70.9 Å². The first kappa shape index (κ1) is 15.1. The number of ether oxygens (including phenoxy) is 1. The molecule has 2 rings (SSSR count). The Labute approximate surface area is 129 Å². The molecule has 0 unspecified atom stereocenters. The van der Waals surface area contributed by atoms with Gasteiger partial charge in [-0.3, -0.25) is 4.79 Å². The van der Waals surface area contributed by atoms with Crippen LogP contribution in [0.1, 0.15) is 15.9 Å². The third-order valence-electron chi connectivity index (χ3n) is 3.03. The van der Waals surface area contributed by atoms with Crippen molar-refractivity contribution in [3.63, 3.8) is 0 Å². The van der Waals surface area contributed by atoms with E-state index in [0.717, 1.165) is 17.0 Å². The van der Waals surface area contributed by atoms with E-state index in [4.69, 9.17) is 16.3 Å². The molecule has 0 amide bonds. The third kappa shape index (κ3) is 4.10. The van der Waals surface area contributed by atoms with Crippen molar-refractivity contribution in [2.45, 2.75) is 6.92 Å². The van der Waals surface area contributed by atoms with Gasteiger partial charge in [0, 0.05) is 28.5 Å². The molecular weight excluding hydrogens is 286 g/mol. The van der Waals surface area contributed by atoms with Gasteiger partial charge < -0.3 is 10.1 Å². The number of allylic oxidation sites excluding steroid dienone is 1. The van der Waals surface area contributed by atoms with E-state index in [1.807, 2.05) is 25.1 Å². The maximum absolute atomic E-state index is 12.0. The van der Waals surface area contributed by atoms with Gasteiger partial charge in [-0.25, -0.2) is 0 Å². The zero-order valence-electron chi connectivity index (χ0n) is 11.9. The zero-order chi connectivity index (χ0) is 15.2. The molecule has 0 spiro atoms. The summed E-state index contributed by atoms with van der Waals surface area (Å²) >= 11 is 6.04. The van der Waals surface area contributed by atoms with E-state index in [9.17, 15) is 4.79 Å². The number of nitrogens with one attached hydrogen (secondary N) is 1. The minimum atomic E-state index is -0.0802. The summed E-state index contributed by atoms with van der Waals surface area (Å²) in [5.74, 6) is 0.645. The van der Waals surface area contributed by atoms with Gasteiger partial charge in [0.1, 0.15) is 5.75 Å². The Kier molecular flexibility index (Phi) is 5.01. The number of hydrogen-bond donors (Lipinski definition) is 1.